The van der Waals surface area contributed by atoms with Gasteiger partial charge >= 0.3 is 328 Å². The molecule has 0 N–H and O–H groups in total. The van der Waals surface area contributed by atoms with Gasteiger partial charge in [0, 0.05) is 0 Å². The van der Waals surface area contributed by atoms with Gasteiger partial charge in [0.1, 0.15) is 0 Å². The summed E-state index contributed by atoms with van der Waals surface area (Å²) in [4.78, 5) is 29.0. The molecule has 0 aliphatic heterocycles. The molecule has 20 radical (unpaired) electrons. The van der Waals surface area contributed by atoms with Crippen molar-refractivity contribution in [2.45, 2.75) is 0 Å². The van der Waals surface area contributed by atoms with E-state index >= 15 is 0 Å². The molecule has 0 aromatic heterocycles. The molecule has 0 bridgehead atoms. The summed E-state index contributed by atoms with van der Waals surface area (Å²) in [5.41, 5.74) is 2.00. The Bertz CT molecular complexity index is 1930. The largest absolute Gasteiger partial charge is 2.00 e. The van der Waals surface area contributed by atoms with Crippen molar-refractivity contribution < 1.29 is 62.9 Å². The second-order valence-electron chi connectivity index (χ2n) is 13.6. The summed E-state index contributed by atoms with van der Waals surface area (Å²) in [6.45, 7) is 0. The molecule has 4 fully saturated rings. The van der Waals surface area contributed by atoms with E-state index < -0.39 is 47.6 Å². The summed E-state index contributed by atoms with van der Waals surface area (Å²) >= 11 is -6.66. The molecule has 4 aliphatic rings. The zero-order chi connectivity index (χ0) is 41.8. The third-order valence-electron chi connectivity index (χ3n) is 9.75. The Labute approximate surface area is 389 Å². The first-order valence-electron chi connectivity index (χ1n) is 19.0. The van der Waals surface area contributed by atoms with Crippen LogP contribution in [0.4, 0.5) is 13.2 Å². The molecule has 0 atom stereocenters. The van der Waals surface area contributed by atoms with Crippen LogP contribution in [0.3, 0.4) is 0 Å². The van der Waals surface area contributed by atoms with Crippen LogP contribution < -0.4 is 10.5 Å². The Morgan fingerprint density at radius 2 is 0.581 bits per heavy atom. The molecule has 0 spiro atoms. The van der Waals surface area contributed by atoms with Crippen molar-refractivity contribution in [3.63, 3.8) is 0 Å². The molecular weight excluding hydrogens is 979 g/mol. The van der Waals surface area contributed by atoms with Gasteiger partial charge in [-0.15, -0.1) is 0 Å². The molecule has 0 unspecified atom stereocenters. The van der Waals surface area contributed by atoms with Crippen molar-refractivity contribution >= 4 is 40.7 Å². The summed E-state index contributed by atoms with van der Waals surface area (Å²) in [7, 11) is 0. The summed E-state index contributed by atoms with van der Waals surface area (Å²) in [6.07, 6.45) is 35.4. The predicted molar refractivity (Wildman–Crippen MR) is 230 cm³/mol. The topological polar surface area (TPSA) is 52.6 Å². The molecule has 5 aromatic rings. The van der Waals surface area contributed by atoms with Crippen molar-refractivity contribution in [3.05, 3.63) is 288 Å². The van der Waals surface area contributed by atoms with Gasteiger partial charge in [0.25, 0.3) is 0 Å². The van der Waals surface area contributed by atoms with Gasteiger partial charge in [0.15, 0.2) is 0 Å². The zero-order valence-corrected chi connectivity index (χ0v) is 37.6. The Balaban J connectivity index is 0.000000533. The average molecular weight is 1020 g/mol. The Morgan fingerprint density at radius 1 is 0.339 bits per heavy atom. The maximum atomic E-state index is 14.6. The third kappa shape index (κ3) is 11.7. The minimum absolute atomic E-state index is 0. The second-order valence-corrected chi connectivity index (χ2v) is 24.5. The first-order valence-corrected chi connectivity index (χ1v) is 24.9. The molecule has 0 amide bonds. The van der Waals surface area contributed by atoms with Crippen LogP contribution in [0.1, 0.15) is 31.8 Å². The molecular formula is C52H38F3Fe2O4Sb+4. The van der Waals surface area contributed by atoms with Gasteiger partial charge in [-0.05, 0) is 64.2 Å². The molecule has 5 aromatic carbocycles. The van der Waals surface area contributed by atoms with Gasteiger partial charge in [0.2, 0.25) is 0 Å². The first kappa shape index (κ1) is 49.7. The average Bonchev–Trinajstić information content (AvgIpc) is 4.14. The fraction of sp³-hybridized carbons (Fsp3) is 0. The number of carbonyl (C=O) groups is 2. The van der Waals surface area contributed by atoms with Crippen LogP contribution in [0.15, 0.2) is 121 Å². The molecule has 4 saturated carbocycles. The number of halogens is 3. The minimum atomic E-state index is -6.66. The third-order valence-corrected chi connectivity index (χ3v) is 23.3. The van der Waals surface area contributed by atoms with E-state index in [2.05, 4.69) is 0 Å². The van der Waals surface area contributed by atoms with Gasteiger partial charge in [-0.3, -0.25) is 0 Å². The monoisotopic (exact) mass is 1020 g/mol. The standard InChI is InChI=1S/2C12H9O2.3C6H4F.2C5H5.2Fe.Sb/c2*13-12(14)11-7-5-10(6-8-11)9-3-1-2-4-9;3*7-6-4-2-1-3-5-6;2*1-2-4-5-3-1;;;/h2*1-8H,(H,13,14);3*2-5H;2*1-5H;;;/q;;;;;;;3*+2/p-2. The van der Waals surface area contributed by atoms with Crippen LogP contribution in [0.2, 0.25) is 0 Å². The quantitative estimate of drug-likeness (QED) is 0.139. The van der Waals surface area contributed by atoms with Crippen LogP contribution in [0.5, 0.6) is 0 Å². The number of hydrogen-bond acceptors (Lipinski definition) is 4. The summed E-state index contributed by atoms with van der Waals surface area (Å²) in [5, 5.41) is 0. The van der Waals surface area contributed by atoms with E-state index in [1.54, 1.807) is 48.5 Å². The summed E-state index contributed by atoms with van der Waals surface area (Å²) < 4.78 is 57.8. The Morgan fingerprint density at radius 3 is 0.823 bits per heavy atom. The van der Waals surface area contributed by atoms with E-state index in [9.17, 15) is 22.8 Å². The van der Waals surface area contributed by atoms with Crippen LogP contribution in [0.25, 0.3) is 0 Å². The van der Waals surface area contributed by atoms with E-state index in [0.717, 1.165) is 23.0 Å². The SMILES string of the molecule is O=C([O][Sb]([O]C(=O)c1ccc([C]2[CH][CH][CH][CH]2)cc1)([c]1ccc(F)cc1)([c]1ccc(F)cc1)[c]1ccc(F)cc1)c1ccc([C]2[CH][CH][CH][CH]2)cc1.[CH]1[CH][CH][CH][CH]1.[CH]1[CH][CH][CH][CH]1.[Fe+2].[Fe+2]. The van der Waals surface area contributed by atoms with Crippen molar-refractivity contribution in [1.29, 1.82) is 0 Å². The molecule has 62 heavy (non-hydrogen) atoms. The van der Waals surface area contributed by atoms with E-state index in [4.69, 9.17) is 6.03 Å². The van der Waals surface area contributed by atoms with E-state index in [-0.39, 0.29) is 55.8 Å². The molecule has 10 heteroatoms. The maximum absolute atomic E-state index is 14.6. The molecule has 308 valence electrons. The zero-order valence-electron chi connectivity index (χ0n) is 32.9. The second kappa shape index (κ2) is 23.6. The van der Waals surface area contributed by atoms with E-state index in [0.29, 0.717) is 0 Å². The molecule has 0 saturated heterocycles. The Kier molecular flexibility index (Phi) is 18.9. The normalized spacial score (nSPS) is 16.9. The van der Waals surface area contributed by atoms with Crippen LogP contribution >= 0.6 is 0 Å². The summed E-state index contributed by atoms with van der Waals surface area (Å²) in [6, 6.07) is 28.8. The van der Waals surface area contributed by atoms with Gasteiger partial charge < -0.3 is 0 Å². The summed E-state index contributed by atoms with van der Waals surface area (Å²) in [5.74, 6) is -1.57. The predicted octanol–water partition coefficient (Wildman–Crippen LogP) is 8.78. The number of hydrogen-bond donors (Lipinski definition) is 0. The van der Waals surface area contributed by atoms with E-state index in [1.165, 1.54) is 72.8 Å². The smallest absolute Gasteiger partial charge is 0.0312 e. The number of rotatable bonds is 9. The van der Waals surface area contributed by atoms with Crippen LogP contribution in [-0.2, 0) is 40.2 Å². The Hall–Kier alpha value is -3.31. The molecule has 9 rings (SSSR count). The van der Waals surface area contributed by atoms with Gasteiger partial charge in [0.05, 0.1) is 0 Å². The van der Waals surface area contributed by atoms with Crippen LogP contribution in [0, 0.1) is 145 Å². The maximum Gasteiger partial charge on any atom is 2.00 e. The van der Waals surface area contributed by atoms with Gasteiger partial charge in [-0.1, -0.05) is 0 Å². The molecule has 0 heterocycles. The van der Waals surface area contributed by atoms with Crippen molar-refractivity contribution in [2.75, 3.05) is 0 Å². The van der Waals surface area contributed by atoms with Crippen molar-refractivity contribution in [3.8, 4) is 0 Å². The van der Waals surface area contributed by atoms with Crippen molar-refractivity contribution in [2.24, 2.45) is 0 Å². The van der Waals surface area contributed by atoms with Gasteiger partial charge in [-0.2, -0.15) is 0 Å². The molecule has 4 aliphatic carbocycles. The van der Waals surface area contributed by atoms with Gasteiger partial charge in [-0.25, -0.2) is 0 Å². The van der Waals surface area contributed by atoms with Crippen LogP contribution in [-0.4, -0.2) is 30.2 Å². The number of benzene rings is 5. The van der Waals surface area contributed by atoms with E-state index in [1.807, 2.05) is 116 Å². The minimum Gasteiger partial charge on any atom is -0.0312 e. The van der Waals surface area contributed by atoms with Crippen molar-refractivity contribution in [1.82, 2.24) is 0 Å². The number of carbonyl (C=O) groups excluding carboxylic acids is 2. The fourth-order valence-corrected chi connectivity index (χ4v) is 19.5. The first-order chi connectivity index (χ1) is 29.2. The fourth-order valence-electron chi connectivity index (χ4n) is 6.71. The molecule has 4 nitrogen and oxygen atoms in total.